The van der Waals surface area contributed by atoms with Crippen molar-refractivity contribution >= 4 is 23.4 Å². The lowest BCUT2D eigenvalue weighted by atomic mass is 10.2. The van der Waals surface area contributed by atoms with E-state index in [-0.39, 0.29) is 12.6 Å². The second kappa shape index (κ2) is 6.61. The normalized spacial score (nSPS) is 14.4. The average molecular weight is 352 g/mol. The molecule has 0 spiro atoms. The molecule has 10 heteroatoms. The highest BCUT2D eigenvalue weighted by Crippen LogP contribution is 2.29. The van der Waals surface area contributed by atoms with Gasteiger partial charge < -0.3 is 15.2 Å². The lowest BCUT2D eigenvalue weighted by Crippen LogP contribution is -2.40. The molecule has 1 saturated carbocycles. The molecule has 1 aromatic heterocycles. The minimum atomic E-state index is -4.69. The summed E-state index contributed by atoms with van der Waals surface area (Å²) < 4.78 is 38.6. The molecule has 23 heavy (non-hydrogen) atoms. The van der Waals surface area contributed by atoms with E-state index in [0.29, 0.717) is 16.8 Å². The van der Waals surface area contributed by atoms with Crippen molar-refractivity contribution in [3.05, 3.63) is 33.2 Å². The van der Waals surface area contributed by atoms with Gasteiger partial charge in [0.25, 0.3) is 5.56 Å². The quantitative estimate of drug-likeness (QED) is 0.827. The third kappa shape index (κ3) is 4.98. The van der Waals surface area contributed by atoms with Gasteiger partial charge in [-0.2, -0.15) is 13.2 Å². The molecule has 0 bridgehead atoms. The molecule has 2 rings (SSSR count). The summed E-state index contributed by atoms with van der Waals surface area (Å²) in [7, 11) is 0. The molecule has 0 saturated heterocycles. The van der Waals surface area contributed by atoms with E-state index in [9.17, 15) is 27.6 Å². The molecule has 0 atom stereocenters. The Labute approximate surface area is 133 Å². The van der Waals surface area contributed by atoms with Crippen LogP contribution in [-0.4, -0.2) is 29.0 Å². The van der Waals surface area contributed by atoms with Gasteiger partial charge in [0, 0.05) is 12.2 Å². The number of aromatic nitrogens is 1. The standard InChI is InChI=1S/C13H13ClF3N3O3/c14-9-3-7(13(15,16)17)5-20(12(9)23)6-11(22)18-4-10(21)19-8-1-2-8/h3,5,8H,1-2,4,6H2,(H,18,22)(H,19,21). The number of amides is 2. The van der Waals surface area contributed by atoms with E-state index < -0.39 is 40.7 Å². The van der Waals surface area contributed by atoms with Crippen LogP contribution >= 0.6 is 11.6 Å². The zero-order valence-corrected chi connectivity index (χ0v) is 12.5. The number of alkyl halides is 3. The van der Waals surface area contributed by atoms with E-state index in [4.69, 9.17) is 11.6 Å². The molecule has 0 radical (unpaired) electrons. The molecule has 1 heterocycles. The minimum Gasteiger partial charge on any atom is -0.352 e. The highest BCUT2D eigenvalue weighted by Gasteiger charge is 2.32. The van der Waals surface area contributed by atoms with Gasteiger partial charge in [0.05, 0.1) is 12.1 Å². The Morgan fingerprint density at radius 2 is 1.96 bits per heavy atom. The molecule has 126 valence electrons. The van der Waals surface area contributed by atoms with E-state index in [1.807, 2.05) is 0 Å². The first-order valence-corrected chi connectivity index (χ1v) is 7.08. The lowest BCUT2D eigenvalue weighted by Gasteiger charge is -2.12. The van der Waals surface area contributed by atoms with Crippen molar-refractivity contribution in [2.45, 2.75) is 31.6 Å². The molecule has 1 fully saturated rings. The number of hydrogen-bond donors (Lipinski definition) is 2. The molecule has 0 aromatic carbocycles. The van der Waals surface area contributed by atoms with Gasteiger partial charge in [-0.3, -0.25) is 14.4 Å². The van der Waals surface area contributed by atoms with Crippen LogP contribution < -0.4 is 16.2 Å². The van der Waals surface area contributed by atoms with E-state index in [2.05, 4.69) is 10.6 Å². The van der Waals surface area contributed by atoms with Gasteiger partial charge >= 0.3 is 6.18 Å². The second-order valence-corrected chi connectivity index (χ2v) is 5.53. The summed E-state index contributed by atoms with van der Waals surface area (Å²) in [5.74, 6) is -1.16. The van der Waals surface area contributed by atoms with Gasteiger partial charge in [-0.1, -0.05) is 11.6 Å². The van der Waals surface area contributed by atoms with Crippen molar-refractivity contribution in [2.75, 3.05) is 6.54 Å². The van der Waals surface area contributed by atoms with E-state index in [1.165, 1.54) is 0 Å². The zero-order chi connectivity index (χ0) is 17.2. The fraction of sp³-hybridized carbons (Fsp3) is 0.462. The molecule has 0 unspecified atom stereocenters. The van der Waals surface area contributed by atoms with Crippen LogP contribution in [0.15, 0.2) is 17.1 Å². The number of pyridine rings is 1. The Hall–Kier alpha value is -2.03. The van der Waals surface area contributed by atoms with Crippen LogP contribution in [0.4, 0.5) is 13.2 Å². The number of nitrogens with one attached hydrogen (secondary N) is 2. The van der Waals surface area contributed by atoms with Gasteiger partial charge in [0.2, 0.25) is 11.8 Å². The van der Waals surface area contributed by atoms with Crippen LogP contribution in [0.2, 0.25) is 5.02 Å². The summed E-state index contributed by atoms with van der Waals surface area (Å²) in [6.07, 6.45) is -2.41. The molecule has 6 nitrogen and oxygen atoms in total. The average Bonchev–Trinajstić information content (AvgIpc) is 3.24. The summed E-state index contributed by atoms with van der Waals surface area (Å²) in [6, 6.07) is 0.630. The first-order chi connectivity index (χ1) is 10.7. The van der Waals surface area contributed by atoms with Crippen LogP contribution in [0, 0.1) is 0 Å². The molecule has 2 amide bonds. The first-order valence-electron chi connectivity index (χ1n) is 6.70. The Morgan fingerprint density at radius 1 is 1.30 bits per heavy atom. The van der Waals surface area contributed by atoms with Gasteiger partial charge in [0.15, 0.2) is 0 Å². The monoisotopic (exact) mass is 351 g/mol. The van der Waals surface area contributed by atoms with E-state index in [0.717, 1.165) is 12.8 Å². The lowest BCUT2D eigenvalue weighted by molar-refractivity contribution is -0.138. The fourth-order valence-corrected chi connectivity index (χ4v) is 1.99. The van der Waals surface area contributed by atoms with Gasteiger partial charge in [-0.15, -0.1) is 0 Å². The Balaban J connectivity index is 2.00. The maximum atomic E-state index is 12.7. The van der Waals surface area contributed by atoms with Gasteiger partial charge in [-0.05, 0) is 18.9 Å². The van der Waals surface area contributed by atoms with Crippen molar-refractivity contribution in [2.24, 2.45) is 0 Å². The van der Waals surface area contributed by atoms with Crippen LogP contribution in [0.3, 0.4) is 0 Å². The molecule has 0 aliphatic heterocycles. The van der Waals surface area contributed by atoms with Crippen LogP contribution in [0.25, 0.3) is 0 Å². The number of rotatable bonds is 5. The fourth-order valence-electron chi connectivity index (χ4n) is 1.77. The largest absolute Gasteiger partial charge is 0.417 e. The molecular formula is C13H13ClF3N3O3. The van der Waals surface area contributed by atoms with Gasteiger partial charge in [-0.25, -0.2) is 0 Å². The number of hydrogen-bond acceptors (Lipinski definition) is 3. The summed E-state index contributed by atoms with van der Waals surface area (Å²) in [5, 5.41) is 4.22. The summed E-state index contributed by atoms with van der Waals surface area (Å²) in [4.78, 5) is 34.7. The predicted octanol–water partition coefficient (Wildman–Crippen LogP) is 0.915. The maximum absolute atomic E-state index is 12.7. The second-order valence-electron chi connectivity index (χ2n) is 5.13. The number of carbonyl (C=O) groups is 2. The summed E-state index contributed by atoms with van der Waals surface area (Å²) in [6.45, 7) is -0.976. The Bertz CT molecular complexity index is 683. The maximum Gasteiger partial charge on any atom is 0.417 e. The SMILES string of the molecule is O=C(Cn1cc(C(F)(F)F)cc(Cl)c1=O)NCC(=O)NC1CC1. The minimum absolute atomic E-state index is 0.129. The van der Waals surface area contributed by atoms with Crippen LogP contribution in [0.1, 0.15) is 18.4 Å². The van der Waals surface area contributed by atoms with E-state index >= 15 is 0 Å². The van der Waals surface area contributed by atoms with Crippen LogP contribution in [0.5, 0.6) is 0 Å². The third-order valence-corrected chi connectivity index (χ3v) is 3.34. The molecule has 1 aliphatic rings. The van der Waals surface area contributed by atoms with Crippen molar-refractivity contribution in [3.8, 4) is 0 Å². The molecule has 2 N–H and O–H groups in total. The third-order valence-electron chi connectivity index (χ3n) is 3.07. The molecule has 1 aliphatic carbocycles. The smallest absolute Gasteiger partial charge is 0.352 e. The molecule has 1 aromatic rings. The number of carbonyl (C=O) groups excluding carboxylic acids is 2. The van der Waals surface area contributed by atoms with Crippen molar-refractivity contribution in [3.63, 3.8) is 0 Å². The van der Waals surface area contributed by atoms with Crippen LogP contribution in [-0.2, 0) is 22.3 Å². The summed E-state index contributed by atoms with van der Waals surface area (Å²) in [5.41, 5.74) is -2.06. The molecular weight excluding hydrogens is 339 g/mol. The van der Waals surface area contributed by atoms with Crippen molar-refractivity contribution in [1.82, 2.24) is 15.2 Å². The van der Waals surface area contributed by atoms with Crippen molar-refractivity contribution < 1.29 is 22.8 Å². The Kier molecular flexibility index (Phi) is 4.98. The predicted molar refractivity (Wildman–Crippen MR) is 74.9 cm³/mol. The Morgan fingerprint density at radius 3 is 2.52 bits per heavy atom. The van der Waals surface area contributed by atoms with E-state index in [1.54, 1.807) is 0 Å². The topological polar surface area (TPSA) is 80.2 Å². The highest BCUT2D eigenvalue weighted by molar-refractivity contribution is 6.30. The first kappa shape index (κ1) is 17.3. The highest BCUT2D eigenvalue weighted by atomic mass is 35.5. The zero-order valence-electron chi connectivity index (χ0n) is 11.7. The van der Waals surface area contributed by atoms with Crippen molar-refractivity contribution in [1.29, 1.82) is 0 Å². The van der Waals surface area contributed by atoms with Gasteiger partial charge in [0.1, 0.15) is 11.6 Å². The summed E-state index contributed by atoms with van der Waals surface area (Å²) >= 11 is 5.47. The number of halogens is 4. The number of nitrogens with zero attached hydrogens (tertiary/aromatic N) is 1.